The van der Waals surface area contributed by atoms with Crippen molar-refractivity contribution in [2.24, 2.45) is 0 Å². The van der Waals surface area contributed by atoms with Crippen LogP contribution in [0.25, 0.3) is 11.4 Å². The molecule has 1 heterocycles. The van der Waals surface area contributed by atoms with Gasteiger partial charge in [-0.1, -0.05) is 35.9 Å². The number of hydrogen-bond acceptors (Lipinski definition) is 4. The zero-order valence-electron chi connectivity index (χ0n) is 16.3. The van der Waals surface area contributed by atoms with Gasteiger partial charge in [0.05, 0.1) is 10.6 Å². The van der Waals surface area contributed by atoms with Crippen LogP contribution in [-0.4, -0.2) is 21.1 Å². The first-order valence-corrected chi connectivity index (χ1v) is 9.84. The Hall–Kier alpha value is -3.64. The summed E-state index contributed by atoms with van der Waals surface area (Å²) in [5.74, 6) is 1.23. The average Bonchev–Trinajstić information content (AvgIpc) is 3.19. The number of halogens is 1. The molecule has 0 unspecified atom stereocenters. The van der Waals surface area contributed by atoms with Crippen molar-refractivity contribution in [1.82, 2.24) is 15.2 Å². The number of aromatic nitrogens is 3. The van der Waals surface area contributed by atoms with E-state index in [2.05, 4.69) is 25.8 Å². The summed E-state index contributed by atoms with van der Waals surface area (Å²) in [5.41, 5.74) is 4.14. The first kappa shape index (κ1) is 19.7. The lowest BCUT2D eigenvalue weighted by molar-refractivity contribution is 0.102. The third-order valence-electron chi connectivity index (χ3n) is 4.54. The number of nitrogens with zero attached hydrogens (tertiary/aromatic N) is 2. The van der Waals surface area contributed by atoms with Crippen molar-refractivity contribution < 1.29 is 4.79 Å². The van der Waals surface area contributed by atoms with E-state index in [0.717, 1.165) is 28.3 Å². The number of aryl methyl sites for hydroxylation is 1. The molecule has 1 aromatic heterocycles. The summed E-state index contributed by atoms with van der Waals surface area (Å²) in [6.45, 7) is 2.49. The highest BCUT2D eigenvalue weighted by molar-refractivity contribution is 6.34. The van der Waals surface area contributed by atoms with E-state index in [1.807, 2.05) is 55.5 Å². The van der Waals surface area contributed by atoms with Crippen LogP contribution in [0.5, 0.6) is 0 Å². The van der Waals surface area contributed by atoms with Gasteiger partial charge in [-0.3, -0.25) is 9.89 Å². The zero-order valence-corrected chi connectivity index (χ0v) is 17.1. The van der Waals surface area contributed by atoms with Gasteiger partial charge in [-0.2, -0.15) is 5.10 Å². The molecule has 4 aromatic rings. The molecule has 0 radical (unpaired) electrons. The molecule has 0 saturated heterocycles. The van der Waals surface area contributed by atoms with Crippen molar-refractivity contribution in [3.63, 3.8) is 0 Å². The molecule has 0 aliphatic heterocycles. The van der Waals surface area contributed by atoms with Crippen molar-refractivity contribution in [3.05, 3.63) is 94.8 Å². The number of nitrogens with one attached hydrogen (secondary N) is 3. The third-order valence-corrected chi connectivity index (χ3v) is 4.87. The SMILES string of the molecule is Cc1nc(-c2ccc(NCc3cccc(NC(=O)c4ccccc4Cl)c3)cc2)n[nH]1. The minimum Gasteiger partial charge on any atom is -0.381 e. The van der Waals surface area contributed by atoms with Gasteiger partial charge in [0.25, 0.3) is 5.91 Å². The molecular formula is C23H20ClN5O. The third kappa shape index (κ3) is 4.67. The van der Waals surface area contributed by atoms with Crippen molar-refractivity contribution in [2.75, 3.05) is 10.6 Å². The van der Waals surface area contributed by atoms with Crippen LogP contribution in [0.4, 0.5) is 11.4 Å². The van der Waals surface area contributed by atoms with E-state index >= 15 is 0 Å². The molecule has 1 amide bonds. The molecule has 3 aromatic carbocycles. The fourth-order valence-corrected chi connectivity index (χ4v) is 3.24. The maximum Gasteiger partial charge on any atom is 0.257 e. The molecule has 7 heteroatoms. The fourth-order valence-electron chi connectivity index (χ4n) is 3.02. The normalized spacial score (nSPS) is 10.6. The van der Waals surface area contributed by atoms with Gasteiger partial charge in [0.1, 0.15) is 5.82 Å². The molecule has 0 saturated carbocycles. The molecule has 0 fully saturated rings. The lowest BCUT2D eigenvalue weighted by atomic mass is 10.1. The molecule has 6 nitrogen and oxygen atoms in total. The van der Waals surface area contributed by atoms with Crippen LogP contribution in [0, 0.1) is 6.92 Å². The summed E-state index contributed by atoms with van der Waals surface area (Å²) in [6, 6.07) is 22.6. The van der Waals surface area contributed by atoms with Gasteiger partial charge in [-0.25, -0.2) is 4.98 Å². The minimum atomic E-state index is -0.233. The molecule has 0 aliphatic rings. The molecule has 4 rings (SSSR count). The van der Waals surface area contributed by atoms with Gasteiger partial charge in [0.2, 0.25) is 0 Å². The summed E-state index contributed by atoms with van der Waals surface area (Å²) in [5, 5.41) is 13.7. The van der Waals surface area contributed by atoms with E-state index in [9.17, 15) is 4.79 Å². The monoisotopic (exact) mass is 417 g/mol. The second kappa shape index (κ2) is 8.80. The summed E-state index contributed by atoms with van der Waals surface area (Å²) >= 11 is 6.11. The van der Waals surface area contributed by atoms with Gasteiger partial charge in [0.15, 0.2) is 5.82 Å². The quantitative estimate of drug-likeness (QED) is 0.397. The van der Waals surface area contributed by atoms with E-state index in [4.69, 9.17) is 11.6 Å². The molecule has 0 spiro atoms. The van der Waals surface area contributed by atoms with E-state index in [1.54, 1.807) is 24.3 Å². The molecule has 0 atom stereocenters. The highest BCUT2D eigenvalue weighted by Gasteiger charge is 2.10. The number of benzene rings is 3. The van der Waals surface area contributed by atoms with Gasteiger partial charge >= 0.3 is 0 Å². The Morgan fingerprint density at radius 1 is 1.00 bits per heavy atom. The number of carbonyl (C=O) groups is 1. The van der Waals surface area contributed by atoms with Crippen molar-refractivity contribution >= 4 is 28.9 Å². The summed E-state index contributed by atoms with van der Waals surface area (Å²) < 4.78 is 0. The Kier molecular flexibility index (Phi) is 5.77. The van der Waals surface area contributed by atoms with Crippen LogP contribution in [-0.2, 0) is 6.54 Å². The van der Waals surface area contributed by atoms with Crippen LogP contribution in [0.3, 0.4) is 0 Å². The average molecular weight is 418 g/mol. The highest BCUT2D eigenvalue weighted by atomic mass is 35.5. The maximum atomic E-state index is 12.5. The van der Waals surface area contributed by atoms with Gasteiger partial charge < -0.3 is 10.6 Å². The van der Waals surface area contributed by atoms with Crippen LogP contribution >= 0.6 is 11.6 Å². The zero-order chi connectivity index (χ0) is 20.9. The highest BCUT2D eigenvalue weighted by Crippen LogP contribution is 2.20. The molecule has 0 bridgehead atoms. The Bertz CT molecular complexity index is 1170. The van der Waals surface area contributed by atoms with Gasteiger partial charge in [-0.05, 0) is 61.0 Å². The predicted octanol–water partition coefficient (Wildman–Crippen LogP) is 5.30. The van der Waals surface area contributed by atoms with Crippen molar-refractivity contribution in [2.45, 2.75) is 13.5 Å². The lowest BCUT2D eigenvalue weighted by Crippen LogP contribution is -2.12. The van der Waals surface area contributed by atoms with E-state index in [0.29, 0.717) is 23.0 Å². The van der Waals surface area contributed by atoms with Gasteiger partial charge in [0, 0.05) is 23.5 Å². The van der Waals surface area contributed by atoms with E-state index in [-0.39, 0.29) is 5.91 Å². The summed E-state index contributed by atoms with van der Waals surface area (Å²) in [4.78, 5) is 16.8. The Labute approximate surface area is 179 Å². The molecule has 30 heavy (non-hydrogen) atoms. The number of rotatable bonds is 6. The van der Waals surface area contributed by atoms with Gasteiger partial charge in [-0.15, -0.1) is 0 Å². The number of anilines is 2. The maximum absolute atomic E-state index is 12.5. The lowest BCUT2D eigenvalue weighted by Gasteiger charge is -2.10. The van der Waals surface area contributed by atoms with Crippen molar-refractivity contribution in [3.8, 4) is 11.4 Å². The molecule has 0 aliphatic carbocycles. The smallest absolute Gasteiger partial charge is 0.257 e. The number of hydrogen-bond donors (Lipinski definition) is 3. The summed E-state index contributed by atoms with van der Waals surface area (Å²) in [7, 11) is 0. The Morgan fingerprint density at radius 3 is 2.53 bits per heavy atom. The molecule has 150 valence electrons. The Balaban J connectivity index is 1.39. The first-order chi connectivity index (χ1) is 14.6. The topological polar surface area (TPSA) is 82.7 Å². The van der Waals surface area contributed by atoms with E-state index < -0.39 is 0 Å². The second-order valence-electron chi connectivity index (χ2n) is 6.81. The standard InChI is InChI=1S/C23H20ClN5O/c1-15-26-22(29-28-15)17-9-11-18(12-10-17)25-14-16-5-4-6-19(13-16)27-23(30)20-7-2-3-8-21(20)24/h2-13,25H,14H2,1H3,(H,27,30)(H,26,28,29). The predicted molar refractivity (Wildman–Crippen MR) is 120 cm³/mol. The van der Waals surface area contributed by atoms with Crippen LogP contribution in [0.1, 0.15) is 21.7 Å². The van der Waals surface area contributed by atoms with Crippen molar-refractivity contribution in [1.29, 1.82) is 0 Å². The minimum absolute atomic E-state index is 0.233. The number of amides is 1. The van der Waals surface area contributed by atoms with E-state index in [1.165, 1.54) is 0 Å². The Morgan fingerprint density at radius 2 is 1.80 bits per heavy atom. The fraction of sp³-hybridized carbons (Fsp3) is 0.0870. The molecular weight excluding hydrogens is 398 g/mol. The van der Waals surface area contributed by atoms with Crippen LogP contribution < -0.4 is 10.6 Å². The summed E-state index contributed by atoms with van der Waals surface area (Å²) in [6.07, 6.45) is 0. The second-order valence-corrected chi connectivity index (χ2v) is 7.22. The van der Waals surface area contributed by atoms with Crippen LogP contribution in [0.15, 0.2) is 72.8 Å². The number of H-pyrrole nitrogens is 1. The first-order valence-electron chi connectivity index (χ1n) is 9.46. The number of carbonyl (C=O) groups excluding carboxylic acids is 1. The largest absolute Gasteiger partial charge is 0.381 e. The van der Waals surface area contributed by atoms with Crippen LogP contribution in [0.2, 0.25) is 5.02 Å². The number of aromatic amines is 1. The molecule has 3 N–H and O–H groups in total.